The highest BCUT2D eigenvalue weighted by molar-refractivity contribution is 6.30. The van der Waals surface area contributed by atoms with Crippen molar-refractivity contribution in [3.05, 3.63) is 11.1 Å². The number of halogens is 4. The van der Waals surface area contributed by atoms with Gasteiger partial charge in [0.05, 0.1) is 12.7 Å². The highest BCUT2D eigenvalue weighted by Gasteiger charge is 2.77. The molecule has 0 aromatic carbocycles. The van der Waals surface area contributed by atoms with Gasteiger partial charge in [0.15, 0.2) is 5.41 Å². The maximum atomic E-state index is 12.4. The van der Waals surface area contributed by atoms with E-state index in [-0.39, 0.29) is 6.61 Å². The Balaban J connectivity index is 3.12. The smallest absolute Gasteiger partial charge is 0.426 e. The molecular weight excluding hydrogens is 283 g/mol. The second kappa shape index (κ2) is 4.71. The molecule has 0 amide bonds. The summed E-state index contributed by atoms with van der Waals surface area (Å²) < 4.78 is 42.0. The molecule has 0 spiro atoms. The third-order valence-electron chi connectivity index (χ3n) is 3.53. The predicted octanol–water partition coefficient (Wildman–Crippen LogP) is 3.40. The van der Waals surface area contributed by atoms with Crippen molar-refractivity contribution in [2.45, 2.75) is 26.9 Å². The van der Waals surface area contributed by atoms with Crippen molar-refractivity contribution in [2.75, 3.05) is 6.61 Å². The number of nitriles is 1. The average Bonchev–Trinajstić information content (AvgIpc) is 2.74. The van der Waals surface area contributed by atoms with Crippen molar-refractivity contribution in [3.63, 3.8) is 0 Å². The molecule has 2 atom stereocenters. The molecule has 0 bridgehead atoms. The zero-order chi connectivity index (χ0) is 15.1. The number of esters is 1. The van der Waals surface area contributed by atoms with Gasteiger partial charge in [-0.05, 0) is 6.92 Å². The summed E-state index contributed by atoms with van der Waals surface area (Å²) in [7, 11) is 0. The van der Waals surface area contributed by atoms with E-state index in [1.54, 1.807) is 13.0 Å². The first-order valence-electron chi connectivity index (χ1n) is 5.58. The van der Waals surface area contributed by atoms with E-state index < -0.39 is 33.9 Å². The Morgan fingerprint density at radius 1 is 1.53 bits per heavy atom. The molecular formula is C12H13ClF3NO2. The summed E-state index contributed by atoms with van der Waals surface area (Å²) in [6.07, 6.45) is -3.96. The third-order valence-corrected chi connectivity index (χ3v) is 3.87. The number of rotatable bonds is 3. The Morgan fingerprint density at radius 2 is 2.05 bits per heavy atom. The summed E-state index contributed by atoms with van der Waals surface area (Å²) in [4.78, 5) is 11.8. The topological polar surface area (TPSA) is 50.1 Å². The minimum Gasteiger partial charge on any atom is -0.465 e. The number of hydrogen-bond donors (Lipinski definition) is 0. The summed E-state index contributed by atoms with van der Waals surface area (Å²) in [6.45, 7) is 4.69. The molecule has 7 heteroatoms. The molecule has 0 N–H and O–H groups in total. The number of alkyl halides is 3. The van der Waals surface area contributed by atoms with Crippen LogP contribution in [0.15, 0.2) is 11.1 Å². The molecule has 2 unspecified atom stereocenters. The fraction of sp³-hybridized carbons (Fsp3) is 0.667. The lowest BCUT2D eigenvalue weighted by molar-refractivity contribution is -0.148. The van der Waals surface area contributed by atoms with Gasteiger partial charge in [-0.3, -0.25) is 4.79 Å². The quantitative estimate of drug-likeness (QED) is 0.750. The van der Waals surface area contributed by atoms with Crippen LogP contribution in [0.5, 0.6) is 0 Å². The van der Waals surface area contributed by atoms with Gasteiger partial charge in [-0.25, -0.2) is 0 Å². The van der Waals surface area contributed by atoms with Crippen molar-refractivity contribution in [1.82, 2.24) is 0 Å². The van der Waals surface area contributed by atoms with Gasteiger partial charge >= 0.3 is 12.1 Å². The molecule has 0 saturated heterocycles. The maximum absolute atomic E-state index is 12.4. The molecule has 1 saturated carbocycles. The Morgan fingerprint density at radius 3 is 2.42 bits per heavy atom. The Labute approximate surface area is 114 Å². The third kappa shape index (κ3) is 2.32. The number of carbonyl (C=O) groups excluding carboxylic acids is 1. The van der Waals surface area contributed by atoms with Crippen LogP contribution in [0.25, 0.3) is 0 Å². The summed E-state index contributed by atoms with van der Waals surface area (Å²) in [5, 5.41) is 7.84. The number of allylic oxidation sites excluding steroid dienone is 2. The van der Waals surface area contributed by atoms with Gasteiger partial charge in [-0.1, -0.05) is 31.5 Å². The van der Waals surface area contributed by atoms with Crippen molar-refractivity contribution >= 4 is 17.6 Å². The first-order chi connectivity index (χ1) is 8.55. The Hall–Kier alpha value is -1.22. The average molecular weight is 296 g/mol. The van der Waals surface area contributed by atoms with E-state index in [1.165, 1.54) is 13.8 Å². The van der Waals surface area contributed by atoms with Crippen LogP contribution < -0.4 is 0 Å². The lowest BCUT2D eigenvalue weighted by Crippen LogP contribution is -2.23. The molecule has 19 heavy (non-hydrogen) atoms. The van der Waals surface area contributed by atoms with Crippen LogP contribution >= 0.6 is 11.6 Å². The number of hydrogen-bond acceptors (Lipinski definition) is 3. The highest BCUT2D eigenvalue weighted by atomic mass is 35.5. The Kier molecular flexibility index (Phi) is 3.93. The van der Waals surface area contributed by atoms with Gasteiger partial charge < -0.3 is 4.74 Å². The van der Waals surface area contributed by atoms with Gasteiger partial charge in [-0.15, -0.1) is 0 Å². The van der Waals surface area contributed by atoms with Crippen LogP contribution in [0.4, 0.5) is 13.2 Å². The van der Waals surface area contributed by atoms with Gasteiger partial charge in [0, 0.05) is 11.3 Å². The minimum atomic E-state index is -4.68. The lowest BCUT2D eigenvalue weighted by Gasteiger charge is -2.09. The molecule has 106 valence electrons. The minimum absolute atomic E-state index is 0.0573. The van der Waals surface area contributed by atoms with Crippen LogP contribution in [0.1, 0.15) is 20.8 Å². The van der Waals surface area contributed by atoms with E-state index >= 15 is 0 Å². The molecule has 1 rings (SSSR count). The fourth-order valence-electron chi connectivity index (χ4n) is 2.27. The molecule has 1 aliphatic carbocycles. The van der Waals surface area contributed by atoms with Crippen molar-refractivity contribution in [3.8, 4) is 6.07 Å². The molecule has 0 aliphatic heterocycles. The fourth-order valence-corrected chi connectivity index (χ4v) is 2.40. The predicted molar refractivity (Wildman–Crippen MR) is 61.9 cm³/mol. The monoisotopic (exact) mass is 295 g/mol. The van der Waals surface area contributed by atoms with E-state index in [0.717, 1.165) is 6.08 Å². The molecule has 1 fully saturated rings. The van der Waals surface area contributed by atoms with Crippen LogP contribution in [0, 0.1) is 28.1 Å². The molecule has 3 nitrogen and oxygen atoms in total. The van der Waals surface area contributed by atoms with Crippen molar-refractivity contribution in [1.29, 1.82) is 5.26 Å². The van der Waals surface area contributed by atoms with Crippen LogP contribution in [0.3, 0.4) is 0 Å². The standard InChI is InChI=1S/C12H13ClF3NO2/c1-4-19-9(18)11(6-17)7(10(11,2)3)5-8(13)12(14,15)16/h5,7H,4H2,1-3H3/b8-5-. The van der Waals surface area contributed by atoms with Crippen LogP contribution in [-0.4, -0.2) is 18.8 Å². The van der Waals surface area contributed by atoms with Gasteiger partial charge in [-0.2, -0.15) is 18.4 Å². The first kappa shape index (κ1) is 15.8. The molecule has 0 aromatic rings. The van der Waals surface area contributed by atoms with Gasteiger partial charge in [0.25, 0.3) is 0 Å². The normalized spacial score (nSPS) is 29.6. The summed E-state index contributed by atoms with van der Waals surface area (Å²) in [6, 6.07) is 1.79. The zero-order valence-electron chi connectivity index (χ0n) is 10.6. The van der Waals surface area contributed by atoms with E-state index in [1.807, 2.05) is 0 Å². The second-order valence-corrected chi connectivity index (χ2v) is 5.26. The second-order valence-electron chi connectivity index (χ2n) is 4.85. The van der Waals surface area contributed by atoms with Crippen LogP contribution in [0.2, 0.25) is 0 Å². The molecule has 0 aromatic heterocycles. The summed E-state index contributed by atoms with van der Waals surface area (Å²) >= 11 is 5.16. The van der Waals surface area contributed by atoms with E-state index in [4.69, 9.17) is 16.3 Å². The maximum Gasteiger partial charge on any atom is 0.426 e. The summed E-state index contributed by atoms with van der Waals surface area (Å²) in [5.41, 5.74) is -2.55. The van der Waals surface area contributed by atoms with E-state index in [2.05, 4.69) is 0 Å². The van der Waals surface area contributed by atoms with Gasteiger partial charge in [0.1, 0.15) is 5.03 Å². The largest absolute Gasteiger partial charge is 0.465 e. The number of nitrogens with zero attached hydrogens (tertiary/aromatic N) is 1. The molecule has 0 radical (unpaired) electrons. The number of carbonyl (C=O) groups is 1. The lowest BCUT2D eigenvalue weighted by atomic mass is 9.98. The van der Waals surface area contributed by atoms with Gasteiger partial charge in [0.2, 0.25) is 0 Å². The first-order valence-corrected chi connectivity index (χ1v) is 5.96. The Bertz CT molecular complexity index is 465. The van der Waals surface area contributed by atoms with Crippen LogP contribution in [-0.2, 0) is 9.53 Å². The van der Waals surface area contributed by atoms with E-state index in [9.17, 15) is 23.2 Å². The highest BCUT2D eigenvalue weighted by Crippen LogP contribution is 2.70. The SMILES string of the molecule is CCOC(=O)C1(C#N)C(/C=C(\Cl)C(F)(F)F)C1(C)C. The van der Waals surface area contributed by atoms with E-state index in [0.29, 0.717) is 0 Å². The van der Waals surface area contributed by atoms with Crippen molar-refractivity contribution in [2.24, 2.45) is 16.7 Å². The zero-order valence-corrected chi connectivity index (χ0v) is 11.4. The molecule has 1 aliphatic rings. The van der Waals surface area contributed by atoms with Crippen molar-refractivity contribution < 1.29 is 22.7 Å². The molecule has 0 heterocycles. The summed E-state index contributed by atoms with van der Waals surface area (Å²) in [5.74, 6) is -1.73. The number of ether oxygens (including phenoxy) is 1.